The standard InChI is InChI=1S/C15H19N3/c1-2-13(10-16-7-1)5-8-18-9-6-14(12-18)11-17-15-3-4-15/h1-2,6-7,9-10,12,15,17H,3-5,8,11H2. The van der Waals surface area contributed by atoms with Gasteiger partial charge in [-0.25, -0.2) is 0 Å². The SMILES string of the molecule is c1cncc(CCn2ccc(CNC3CC3)c2)c1. The Kier molecular flexibility index (Phi) is 3.42. The number of rotatable bonds is 6. The zero-order valence-corrected chi connectivity index (χ0v) is 10.5. The largest absolute Gasteiger partial charge is 0.354 e. The number of nitrogens with one attached hydrogen (secondary N) is 1. The number of hydrogen-bond donors (Lipinski definition) is 1. The number of aryl methyl sites for hydroxylation is 2. The molecule has 0 bridgehead atoms. The third kappa shape index (κ3) is 3.20. The van der Waals surface area contributed by atoms with Gasteiger partial charge < -0.3 is 9.88 Å². The first-order chi connectivity index (χ1) is 8.90. The van der Waals surface area contributed by atoms with Crippen LogP contribution < -0.4 is 5.32 Å². The molecule has 0 unspecified atom stereocenters. The van der Waals surface area contributed by atoms with Gasteiger partial charge in [-0.05, 0) is 42.5 Å². The quantitative estimate of drug-likeness (QED) is 0.841. The molecule has 0 atom stereocenters. The molecule has 0 amide bonds. The van der Waals surface area contributed by atoms with E-state index >= 15 is 0 Å². The first-order valence-corrected chi connectivity index (χ1v) is 6.67. The van der Waals surface area contributed by atoms with E-state index in [0.29, 0.717) is 0 Å². The highest BCUT2D eigenvalue weighted by Crippen LogP contribution is 2.19. The Balaban J connectivity index is 1.50. The fraction of sp³-hybridized carbons (Fsp3) is 0.400. The highest BCUT2D eigenvalue weighted by Gasteiger charge is 2.19. The summed E-state index contributed by atoms with van der Waals surface area (Å²) < 4.78 is 2.26. The second-order valence-corrected chi connectivity index (χ2v) is 5.02. The van der Waals surface area contributed by atoms with Crippen LogP contribution in [0.5, 0.6) is 0 Å². The number of hydrogen-bond acceptors (Lipinski definition) is 2. The second-order valence-electron chi connectivity index (χ2n) is 5.02. The van der Waals surface area contributed by atoms with Crippen LogP contribution >= 0.6 is 0 Å². The topological polar surface area (TPSA) is 29.9 Å². The van der Waals surface area contributed by atoms with Gasteiger partial charge in [0.2, 0.25) is 0 Å². The average molecular weight is 241 g/mol. The van der Waals surface area contributed by atoms with Gasteiger partial charge in [-0.15, -0.1) is 0 Å². The molecule has 0 aliphatic heterocycles. The van der Waals surface area contributed by atoms with Crippen LogP contribution in [0.25, 0.3) is 0 Å². The van der Waals surface area contributed by atoms with Gasteiger partial charge in [0, 0.05) is 43.9 Å². The molecule has 2 aromatic heterocycles. The summed E-state index contributed by atoms with van der Waals surface area (Å²) in [7, 11) is 0. The molecule has 1 N–H and O–H groups in total. The van der Waals surface area contributed by atoms with E-state index in [4.69, 9.17) is 0 Å². The van der Waals surface area contributed by atoms with E-state index in [2.05, 4.69) is 39.4 Å². The number of aromatic nitrogens is 2. The lowest BCUT2D eigenvalue weighted by atomic mass is 10.2. The molecule has 1 aliphatic rings. The van der Waals surface area contributed by atoms with Crippen molar-refractivity contribution in [1.82, 2.24) is 14.9 Å². The molecule has 3 heteroatoms. The van der Waals surface area contributed by atoms with Crippen molar-refractivity contribution in [2.24, 2.45) is 0 Å². The first-order valence-electron chi connectivity index (χ1n) is 6.67. The molecule has 1 aliphatic carbocycles. The van der Waals surface area contributed by atoms with Crippen LogP contribution in [0, 0.1) is 0 Å². The van der Waals surface area contributed by atoms with E-state index in [1.807, 2.05) is 18.5 Å². The van der Waals surface area contributed by atoms with Gasteiger partial charge in [0.15, 0.2) is 0 Å². The van der Waals surface area contributed by atoms with Crippen LogP contribution in [-0.2, 0) is 19.5 Å². The first kappa shape index (κ1) is 11.5. The third-order valence-corrected chi connectivity index (χ3v) is 3.37. The molecule has 0 aromatic carbocycles. The molecule has 0 saturated heterocycles. The van der Waals surface area contributed by atoms with Gasteiger partial charge in [0.05, 0.1) is 0 Å². The molecule has 2 heterocycles. The van der Waals surface area contributed by atoms with Crippen molar-refractivity contribution in [1.29, 1.82) is 0 Å². The summed E-state index contributed by atoms with van der Waals surface area (Å²) in [6.07, 6.45) is 11.9. The van der Waals surface area contributed by atoms with Crippen LogP contribution in [0.3, 0.4) is 0 Å². The summed E-state index contributed by atoms with van der Waals surface area (Å²) >= 11 is 0. The molecule has 0 radical (unpaired) electrons. The van der Waals surface area contributed by atoms with Crippen molar-refractivity contribution >= 4 is 0 Å². The van der Waals surface area contributed by atoms with Gasteiger partial charge in [-0.3, -0.25) is 4.98 Å². The molecule has 18 heavy (non-hydrogen) atoms. The Labute approximate surface area is 108 Å². The minimum atomic E-state index is 0.781. The highest BCUT2D eigenvalue weighted by molar-refractivity contribution is 5.12. The predicted octanol–water partition coefficient (Wildman–Crippen LogP) is 2.38. The molecule has 1 saturated carbocycles. The minimum absolute atomic E-state index is 0.781. The van der Waals surface area contributed by atoms with Gasteiger partial charge in [0.1, 0.15) is 0 Å². The fourth-order valence-electron chi connectivity index (χ4n) is 2.09. The van der Waals surface area contributed by atoms with Crippen molar-refractivity contribution in [3.8, 4) is 0 Å². The summed E-state index contributed by atoms with van der Waals surface area (Å²) in [5.41, 5.74) is 2.68. The van der Waals surface area contributed by atoms with Crippen LogP contribution in [-0.4, -0.2) is 15.6 Å². The Morgan fingerprint density at radius 3 is 3.00 bits per heavy atom. The number of pyridine rings is 1. The van der Waals surface area contributed by atoms with Crippen molar-refractivity contribution in [2.45, 2.75) is 38.4 Å². The lowest BCUT2D eigenvalue weighted by Gasteiger charge is -2.03. The molecule has 3 nitrogen and oxygen atoms in total. The lowest BCUT2D eigenvalue weighted by molar-refractivity contribution is 0.673. The van der Waals surface area contributed by atoms with Crippen molar-refractivity contribution in [3.05, 3.63) is 54.1 Å². The monoisotopic (exact) mass is 241 g/mol. The van der Waals surface area contributed by atoms with Crippen LogP contribution in [0.15, 0.2) is 43.0 Å². The van der Waals surface area contributed by atoms with Crippen molar-refractivity contribution < 1.29 is 0 Å². The number of nitrogens with zero attached hydrogens (tertiary/aromatic N) is 2. The van der Waals surface area contributed by atoms with E-state index in [0.717, 1.165) is 25.6 Å². The lowest BCUT2D eigenvalue weighted by Crippen LogP contribution is -2.14. The molecular weight excluding hydrogens is 222 g/mol. The second kappa shape index (κ2) is 5.36. The predicted molar refractivity (Wildman–Crippen MR) is 72.2 cm³/mol. The van der Waals surface area contributed by atoms with Crippen molar-refractivity contribution in [3.63, 3.8) is 0 Å². The Bertz CT molecular complexity index is 485. The minimum Gasteiger partial charge on any atom is -0.354 e. The Hall–Kier alpha value is -1.61. The summed E-state index contributed by atoms with van der Waals surface area (Å²) in [5, 5.41) is 3.54. The smallest absolute Gasteiger partial charge is 0.0300 e. The molecule has 2 aromatic rings. The normalized spacial score (nSPS) is 14.9. The summed E-state index contributed by atoms with van der Waals surface area (Å²) in [6.45, 7) is 2.03. The molecule has 1 fully saturated rings. The van der Waals surface area contributed by atoms with Crippen LogP contribution in [0.4, 0.5) is 0 Å². The maximum absolute atomic E-state index is 4.14. The summed E-state index contributed by atoms with van der Waals surface area (Å²) in [5.74, 6) is 0. The van der Waals surface area contributed by atoms with E-state index in [1.54, 1.807) is 0 Å². The van der Waals surface area contributed by atoms with E-state index < -0.39 is 0 Å². The Morgan fingerprint density at radius 1 is 1.28 bits per heavy atom. The van der Waals surface area contributed by atoms with E-state index in [-0.39, 0.29) is 0 Å². The maximum Gasteiger partial charge on any atom is 0.0300 e. The molecule has 94 valence electrons. The third-order valence-electron chi connectivity index (χ3n) is 3.37. The fourth-order valence-corrected chi connectivity index (χ4v) is 2.09. The van der Waals surface area contributed by atoms with Crippen molar-refractivity contribution in [2.75, 3.05) is 0 Å². The zero-order chi connectivity index (χ0) is 12.2. The highest BCUT2D eigenvalue weighted by atomic mass is 15.0. The van der Waals surface area contributed by atoms with Crippen LogP contribution in [0.1, 0.15) is 24.0 Å². The van der Waals surface area contributed by atoms with Gasteiger partial charge in [-0.2, -0.15) is 0 Å². The summed E-state index contributed by atoms with van der Waals surface area (Å²) in [6, 6.07) is 7.12. The molecule has 0 spiro atoms. The molecule has 3 rings (SSSR count). The van der Waals surface area contributed by atoms with E-state index in [9.17, 15) is 0 Å². The van der Waals surface area contributed by atoms with Gasteiger partial charge in [-0.1, -0.05) is 6.07 Å². The van der Waals surface area contributed by atoms with Gasteiger partial charge >= 0.3 is 0 Å². The van der Waals surface area contributed by atoms with Gasteiger partial charge in [0.25, 0.3) is 0 Å². The Morgan fingerprint density at radius 2 is 2.22 bits per heavy atom. The maximum atomic E-state index is 4.14. The molecular formula is C15H19N3. The van der Waals surface area contributed by atoms with E-state index in [1.165, 1.54) is 24.0 Å². The summed E-state index contributed by atoms with van der Waals surface area (Å²) in [4.78, 5) is 4.14. The van der Waals surface area contributed by atoms with Crippen LogP contribution in [0.2, 0.25) is 0 Å². The average Bonchev–Trinajstić information content (AvgIpc) is 3.14. The zero-order valence-electron chi connectivity index (χ0n) is 10.5.